The largest absolute Gasteiger partial charge is 0.494 e. The van der Waals surface area contributed by atoms with Gasteiger partial charge >= 0.3 is 0 Å². The van der Waals surface area contributed by atoms with Gasteiger partial charge in [-0.25, -0.2) is 0 Å². The summed E-state index contributed by atoms with van der Waals surface area (Å²) in [5.74, 6) is 1.90. The standard InChI is InChI=1S/C26H32O2S/c1-3-5-7-18-27-23-13-9-21(10-14-23)25-17-20-29-26(25)22-11-15-24(16-12-22)28-19-8-6-4-2/h9-17,20H,3-8,18-19H2,1-2H3. The first kappa shape index (κ1) is 21.4. The first-order valence-electron chi connectivity index (χ1n) is 10.9. The van der Waals surface area contributed by atoms with E-state index in [2.05, 4.69) is 73.8 Å². The number of hydrogen-bond acceptors (Lipinski definition) is 3. The zero-order valence-corrected chi connectivity index (χ0v) is 18.5. The van der Waals surface area contributed by atoms with Crippen molar-refractivity contribution in [2.24, 2.45) is 0 Å². The lowest BCUT2D eigenvalue weighted by Crippen LogP contribution is -1.96. The van der Waals surface area contributed by atoms with E-state index in [1.165, 1.54) is 47.3 Å². The summed E-state index contributed by atoms with van der Waals surface area (Å²) < 4.78 is 11.7. The highest BCUT2D eigenvalue weighted by Gasteiger charge is 2.10. The van der Waals surface area contributed by atoms with Gasteiger partial charge in [-0.15, -0.1) is 11.3 Å². The molecule has 0 aliphatic rings. The summed E-state index contributed by atoms with van der Waals surface area (Å²) in [5.41, 5.74) is 3.72. The van der Waals surface area contributed by atoms with Crippen molar-refractivity contribution in [2.75, 3.05) is 13.2 Å². The third kappa shape index (κ3) is 6.37. The van der Waals surface area contributed by atoms with Crippen molar-refractivity contribution in [3.05, 3.63) is 60.0 Å². The average Bonchev–Trinajstić information content (AvgIpc) is 3.25. The van der Waals surface area contributed by atoms with E-state index in [9.17, 15) is 0 Å². The molecule has 0 aliphatic heterocycles. The summed E-state index contributed by atoms with van der Waals surface area (Å²) in [5, 5.41) is 2.16. The molecule has 0 saturated heterocycles. The second-order valence-electron chi connectivity index (χ2n) is 7.32. The third-order valence-electron chi connectivity index (χ3n) is 4.98. The molecular weight excluding hydrogens is 376 g/mol. The summed E-state index contributed by atoms with van der Waals surface area (Å²) >= 11 is 1.78. The molecule has 1 heterocycles. The molecular formula is C26H32O2S. The monoisotopic (exact) mass is 408 g/mol. The highest BCUT2D eigenvalue weighted by Crippen LogP contribution is 2.37. The fraction of sp³-hybridized carbons (Fsp3) is 0.385. The highest BCUT2D eigenvalue weighted by molar-refractivity contribution is 7.14. The molecule has 0 atom stereocenters. The Morgan fingerprint density at radius 1 is 0.621 bits per heavy atom. The van der Waals surface area contributed by atoms with Crippen molar-refractivity contribution >= 4 is 11.3 Å². The van der Waals surface area contributed by atoms with E-state index < -0.39 is 0 Å². The van der Waals surface area contributed by atoms with Crippen LogP contribution in [0.3, 0.4) is 0 Å². The normalized spacial score (nSPS) is 10.8. The second kappa shape index (κ2) is 11.7. The predicted molar refractivity (Wildman–Crippen MR) is 125 cm³/mol. The van der Waals surface area contributed by atoms with Gasteiger partial charge < -0.3 is 9.47 Å². The van der Waals surface area contributed by atoms with E-state index in [1.54, 1.807) is 11.3 Å². The van der Waals surface area contributed by atoms with Crippen LogP contribution in [0.1, 0.15) is 52.4 Å². The highest BCUT2D eigenvalue weighted by atomic mass is 32.1. The van der Waals surface area contributed by atoms with E-state index in [1.807, 2.05) is 0 Å². The Morgan fingerprint density at radius 2 is 1.14 bits per heavy atom. The summed E-state index contributed by atoms with van der Waals surface area (Å²) in [6.07, 6.45) is 7.11. The Bertz CT molecular complexity index is 764. The molecule has 29 heavy (non-hydrogen) atoms. The summed E-state index contributed by atoms with van der Waals surface area (Å²) in [6.45, 7) is 6.01. The van der Waals surface area contributed by atoms with E-state index in [4.69, 9.17) is 9.47 Å². The molecule has 3 aromatic rings. The van der Waals surface area contributed by atoms with Gasteiger partial charge in [0.1, 0.15) is 11.5 Å². The van der Waals surface area contributed by atoms with Crippen LogP contribution in [-0.2, 0) is 0 Å². The number of hydrogen-bond donors (Lipinski definition) is 0. The molecule has 0 aliphatic carbocycles. The van der Waals surface area contributed by atoms with Crippen LogP contribution < -0.4 is 9.47 Å². The van der Waals surface area contributed by atoms with E-state index >= 15 is 0 Å². The molecule has 0 fully saturated rings. The maximum atomic E-state index is 5.85. The van der Waals surface area contributed by atoms with Crippen molar-refractivity contribution < 1.29 is 9.47 Å². The van der Waals surface area contributed by atoms with Gasteiger partial charge in [0.15, 0.2) is 0 Å². The van der Waals surface area contributed by atoms with Crippen LogP contribution in [0, 0.1) is 0 Å². The van der Waals surface area contributed by atoms with Crippen LogP contribution in [-0.4, -0.2) is 13.2 Å². The Hall–Kier alpha value is -2.26. The minimum Gasteiger partial charge on any atom is -0.494 e. The van der Waals surface area contributed by atoms with Crippen LogP contribution in [0.25, 0.3) is 21.6 Å². The van der Waals surface area contributed by atoms with Crippen molar-refractivity contribution in [1.82, 2.24) is 0 Å². The number of thiophene rings is 1. The third-order valence-corrected chi connectivity index (χ3v) is 5.94. The van der Waals surface area contributed by atoms with Crippen molar-refractivity contribution in [1.29, 1.82) is 0 Å². The van der Waals surface area contributed by atoms with E-state index in [0.29, 0.717) is 0 Å². The van der Waals surface area contributed by atoms with Crippen LogP contribution in [0.2, 0.25) is 0 Å². The minimum absolute atomic E-state index is 0.795. The second-order valence-corrected chi connectivity index (χ2v) is 8.24. The maximum absolute atomic E-state index is 5.85. The summed E-state index contributed by atoms with van der Waals surface area (Å²) in [6, 6.07) is 19.2. The predicted octanol–water partition coefficient (Wildman–Crippen LogP) is 8.22. The Morgan fingerprint density at radius 3 is 1.66 bits per heavy atom. The first-order valence-corrected chi connectivity index (χ1v) is 11.7. The quantitative estimate of drug-likeness (QED) is 0.281. The fourth-order valence-electron chi connectivity index (χ4n) is 3.28. The van der Waals surface area contributed by atoms with E-state index in [0.717, 1.165) is 37.6 Å². The molecule has 0 amide bonds. The topological polar surface area (TPSA) is 18.5 Å². The average molecular weight is 409 g/mol. The molecule has 0 N–H and O–H groups in total. The molecule has 1 aromatic heterocycles. The summed E-state index contributed by atoms with van der Waals surface area (Å²) in [7, 11) is 0. The first-order chi connectivity index (χ1) is 14.3. The van der Waals surface area contributed by atoms with Crippen LogP contribution in [0.5, 0.6) is 11.5 Å². The van der Waals surface area contributed by atoms with Crippen molar-refractivity contribution in [3.63, 3.8) is 0 Å². The molecule has 2 nitrogen and oxygen atoms in total. The zero-order chi connectivity index (χ0) is 20.3. The number of unbranched alkanes of at least 4 members (excludes halogenated alkanes) is 4. The van der Waals surface area contributed by atoms with Gasteiger partial charge in [-0.2, -0.15) is 0 Å². The number of ether oxygens (including phenoxy) is 2. The van der Waals surface area contributed by atoms with Gasteiger partial charge in [-0.3, -0.25) is 0 Å². The molecule has 0 radical (unpaired) electrons. The van der Waals surface area contributed by atoms with Crippen LogP contribution >= 0.6 is 11.3 Å². The van der Waals surface area contributed by atoms with Gasteiger partial charge in [-0.1, -0.05) is 51.7 Å². The molecule has 3 rings (SSSR count). The molecule has 0 saturated carbocycles. The lowest BCUT2D eigenvalue weighted by Gasteiger charge is -2.09. The lowest BCUT2D eigenvalue weighted by molar-refractivity contribution is 0.306. The zero-order valence-electron chi connectivity index (χ0n) is 17.7. The molecule has 2 aromatic carbocycles. The fourth-order valence-corrected chi connectivity index (χ4v) is 4.20. The van der Waals surface area contributed by atoms with Gasteiger partial charge in [-0.05, 0) is 71.8 Å². The van der Waals surface area contributed by atoms with Crippen molar-refractivity contribution in [2.45, 2.75) is 52.4 Å². The molecule has 3 heteroatoms. The smallest absolute Gasteiger partial charge is 0.119 e. The van der Waals surface area contributed by atoms with Crippen molar-refractivity contribution in [3.8, 4) is 33.1 Å². The van der Waals surface area contributed by atoms with Gasteiger partial charge in [0, 0.05) is 10.4 Å². The van der Waals surface area contributed by atoms with Gasteiger partial charge in [0.25, 0.3) is 0 Å². The molecule has 0 unspecified atom stereocenters. The molecule has 0 spiro atoms. The Kier molecular flexibility index (Phi) is 8.63. The Labute approximate surface area is 179 Å². The van der Waals surface area contributed by atoms with Gasteiger partial charge in [0.2, 0.25) is 0 Å². The maximum Gasteiger partial charge on any atom is 0.119 e. The van der Waals surface area contributed by atoms with E-state index in [-0.39, 0.29) is 0 Å². The SMILES string of the molecule is CCCCCOc1ccc(-c2ccsc2-c2ccc(OCCCCC)cc2)cc1. The Balaban J connectivity index is 1.64. The van der Waals surface area contributed by atoms with Gasteiger partial charge in [0.05, 0.1) is 13.2 Å². The summed E-state index contributed by atoms with van der Waals surface area (Å²) in [4.78, 5) is 1.29. The molecule has 0 bridgehead atoms. The molecule has 154 valence electrons. The lowest BCUT2D eigenvalue weighted by atomic mass is 10.0. The van der Waals surface area contributed by atoms with Crippen LogP contribution in [0.15, 0.2) is 60.0 Å². The number of rotatable bonds is 12. The van der Waals surface area contributed by atoms with Crippen LogP contribution in [0.4, 0.5) is 0 Å². The number of benzene rings is 2. The minimum atomic E-state index is 0.795.